The lowest BCUT2D eigenvalue weighted by Gasteiger charge is -2.13. The fourth-order valence-corrected chi connectivity index (χ4v) is 10.3. The van der Waals surface area contributed by atoms with Crippen molar-refractivity contribution in [3.05, 3.63) is 187 Å². The van der Waals surface area contributed by atoms with Gasteiger partial charge in [-0.1, -0.05) is 140 Å². The number of fused-ring (bicyclic) bond motifs is 16. The van der Waals surface area contributed by atoms with Gasteiger partial charge in [0.2, 0.25) is 0 Å². The van der Waals surface area contributed by atoms with Crippen LogP contribution in [0.5, 0.6) is 0 Å². The molecule has 2 aromatic heterocycles. The fraction of sp³-hybridized carbons (Fsp3) is 0. The highest BCUT2D eigenvalue weighted by Crippen LogP contribution is 2.44. The van der Waals surface area contributed by atoms with Crippen LogP contribution < -0.4 is 0 Å². The third-order valence-corrected chi connectivity index (χ3v) is 12.8. The minimum absolute atomic E-state index is 0.462. The normalized spacial score (nSPS) is 12.3. The van der Waals surface area contributed by atoms with Gasteiger partial charge in [0.25, 0.3) is 0 Å². The monoisotopic (exact) mass is 729 g/mol. The van der Waals surface area contributed by atoms with Crippen LogP contribution in [0.15, 0.2) is 181 Å². The van der Waals surface area contributed by atoms with Crippen LogP contribution in [-0.2, 0) is 0 Å². The molecule has 0 amide bonds. The van der Waals surface area contributed by atoms with Crippen molar-refractivity contribution in [2.75, 3.05) is 0 Å². The highest BCUT2D eigenvalue weighted by molar-refractivity contribution is 7.25. The first-order chi connectivity index (χ1) is 27.7. The van der Waals surface area contributed by atoms with Crippen LogP contribution in [0, 0.1) is 5.41 Å². The highest BCUT2D eigenvalue weighted by atomic mass is 32.1. The molecule has 3 nitrogen and oxygen atoms in total. The summed E-state index contributed by atoms with van der Waals surface area (Å²) in [5.74, 6) is 0. The number of rotatable bonds is 4. The summed E-state index contributed by atoms with van der Waals surface area (Å²) in [6.45, 7) is 0. The molecule has 12 rings (SSSR count). The third kappa shape index (κ3) is 4.45. The molecule has 12 aromatic rings. The molecule has 0 aliphatic heterocycles. The molecule has 0 fully saturated rings. The average Bonchev–Trinajstić information content (AvgIpc) is 3.80. The Morgan fingerprint density at radius 1 is 0.446 bits per heavy atom. The van der Waals surface area contributed by atoms with Crippen molar-refractivity contribution in [1.82, 2.24) is 4.57 Å². The van der Waals surface area contributed by atoms with Gasteiger partial charge in [0, 0.05) is 47.5 Å². The van der Waals surface area contributed by atoms with Gasteiger partial charge in [0.05, 0.1) is 22.4 Å². The number of nitrogens with zero attached hydrogens (tertiary/aromatic N) is 2. The van der Waals surface area contributed by atoms with Gasteiger partial charge in [-0.05, 0) is 84.9 Å². The average molecular weight is 730 g/mol. The SMILES string of the molecule is N=C(c1ccc2sc3ccccc3c2c1)c1c(/N=C/n2c3ccc4ccccc4c3c3c4c5ccccc5c5ccccc5c4ccc32)ccc2ccccc12. The van der Waals surface area contributed by atoms with E-state index in [0.717, 1.165) is 38.6 Å². The lowest BCUT2D eigenvalue weighted by molar-refractivity contribution is 1.31. The third-order valence-electron chi connectivity index (χ3n) is 11.7. The zero-order valence-corrected chi connectivity index (χ0v) is 30.9. The van der Waals surface area contributed by atoms with E-state index in [-0.39, 0.29) is 0 Å². The van der Waals surface area contributed by atoms with Crippen LogP contribution in [0.4, 0.5) is 5.69 Å². The Morgan fingerprint density at radius 2 is 1.00 bits per heavy atom. The largest absolute Gasteiger partial charge is 0.300 e. The molecule has 0 radical (unpaired) electrons. The number of thiophene rings is 1. The number of benzene rings is 10. The highest BCUT2D eigenvalue weighted by Gasteiger charge is 2.20. The molecule has 0 aliphatic rings. The molecule has 10 aromatic carbocycles. The van der Waals surface area contributed by atoms with E-state index in [0.29, 0.717) is 5.71 Å². The van der Waals surface area contributed by atoms with Gasteiger partial charge >= 0.3 is 0 Å². The Bertz CT molecular complexity index is 3640. The van der Waals surface area contributed by atoms with E-state index in [4.69, 9.17) is 4.99 Å². The summed E-state index contributed by atoms with van der Waals surface area (Å²) in [6, 6.07) is 62.8. The van der Waals surface area contributed by atoms with E-state index >= 15 is 0 Å². The number of nitrogens with one attached hydrogen (secondary N) is 1. The zero-order valence-electron chi connectivity index (χ0n) is 30.1. The topological polar surface area (TPSA) is 41.1 Å². The van der Waals surface area contributed by atoms with Gasteiger partial charge < -0.3 is 0 Å². The number of aliphatic imine (C=N–C) groups is 1. The van der Waals surface area contributed by atoms with E-state index < -0.39 is 0 Å². The summed E-state index contributed by atoms with van der Waals surface area (Å²) in [4.78, 5) is 5.32. The summed E-state index contributed by atoms with van der Waals surface area (Å²) >= 11 is 1.80. The Balaban J connectivity index is 1.13. The van der Waals surface area contributed by atoms with Crippen LogP contribution in [-0.4, -0.2) is 16.6 Å². The zero-order chi connectivity index (χ0) is 36.9. The molecule has 0 saturated carbocycles. The first-order valence-electron chi connectivity index (χ1n) is 19.0. The Morgan fingerprint density at radius 3 is 1.79 bits per heavy atom. The summed E-state index contributed by atoms with van der Waals surface area (Å²) < 4.78 is 4.74. The summed E-state index contributed by atoms with van der Waals surface area (Å²) in [5, 5.41) is 26.7. The molecular formula is C52H31N3S. The molecule has 1 N–H and O–H groups in total. The first kappa shape index (κ1) is 31.2. The first-order valence-corrected chi connectivity index (χ1v) is 19.8. The van der Waals surface area contributed by atoms with Crippen molar-refractivity contribution in [3.8, 4) is 0 Å². The molecule has 2 heterocycles. The summed E-state index contributed by atoms with van der Waals surface area (Å²) in [5.41, 5.74) is 5.12. The van der Waals surface area contributed by atoms with Gasteiger partial charge in [-0.2, -0.15) is 0 Å². The molecule has 0 unspecified atom stereocenters. The van der Waals surface area contributed by atoms with Gasteiger partial charge in [-0.3, -0.25) is 9.98 Å². The molecular weight excluding hydrogens is 699 g/mol. The fourth-order valence-electron chi connectivity index (χ4n) is 9.19. The maximum atomic E-state index is 9.79. The maximum absolute atomic E-state index is 9.79. The van der Waals surface area contributed by atoms with Crippen LogP contribution in [0.3, 0.4) is 0 Å². The Labute approximate surface area is 325 Å². The van der Waals surface area contributed by atoms with E-state index in [9.17, 15) is 5.41 Å². The Kier molecular flexibility index (Phi) is 6.65. The predicted molar refractivity (Wildman–Crippen MR) is 242 cm³/mol. The minimum atomic E-state index is 0.462. The number of hydrogen-bond acceptors (Lipinski definition) is 3. The van der Waals surface area contributed by atoms with Crippen LogP contribution in [0.25, 0.3) is 95.8 Å². The minimum Gasteiger partial charge on any atom is -0.300 e. The number of hydrogen-bond donors (Lipinski definition) is 1. The van der Waals surface area contributed by atoms with Crippen molar-refractivity contribution in [2.45, 2.75) is 0 Å². The van der Waals surface area contributed by atoms with Gasteiger partial charge in [0.15, 0.2) is 0 Å². The van der Waals surface area contributed by atoms with E-state index in [1.54, 1.807) is 11.3 Å². The summed E-state index contributed by atoms with van der Waals surface area (Å²) in [6.07, 6.45) is 1.98. The smallest absolute Gasteiger partial charge is 0.100 e. The second-order valence-electron chi connectivity index (χ2n) is 14.6. The van der Waals surface area contributed by atoms with Crippen molar-refractivity contribution in [2.24, 2.45) is 4.99 Å². The van der Waals surface area contributed by atoms with Crippen molar-refractivity contribution in [3.63, 3.8) is 0 Å². The molecule has 0 saturated heterocycles. The van der Waals surface area contributed by atoms with Crippen molar-refractivity contribution >= 4 is 125 Å². The molecule has 0 bridgehead atoms. The maximum Gasteiger partial charge on any atom is 0.100 e. The van der Waals surface area contributed by atoms with E-state index in [1.807, 2.05) is 6.34 Å². The number of aromatic nitrogens is 1. The lowest BCUT2D eigenvalue weighted by atomic mass is 9.91. The second kappa shape index (κ2) is 11.9. The molecule has 0 atom stereocenters. The van der Waals surface area contributed by atoms with Crippen LogP contribution in [0.1, 0.15) is 11.1 Å². The van der Waals surface area contributed by atoms with E-state index in [1.165, 1.54) is 74.0 Å². The summed E-state index contributed by atoms with van der Waals surface area (Å²) in [7, 11) is 0. The quantitative estimate of drug-likeness (QED) is 0.106. The van der Waals surface area contributed by atoms with Gasteiger partial charge in [-0.25, -0.2) is 4.99 Å². The molecule has 0 aliphatic carbocycles. The molecule has 4 heteroatoms. The predicted octanol–water partition coefficient (Wildman–Crippen LogP) is 14.6. The van der Waals surface area contributed by atoms with Crippen LogP contribution >= 0.6 is 11.3 Å². The van der Waals surface area contributed by atoms with Crippen molar-refractivity contribution < 1.29 is 0 Å². The standard InChI is InChI=1S/C52H31N3S/c53-52(33-23-28-47-42(29-33)39-18-9-10-20-46(39)56-47)49-34-13-3-1-11-31(34)21-25-43(49)54-30-55-44-26-22-32-12-2-4-14-35(32)50(44)51-45(55)27-24-41-38-17-6-5-15-36(38)37-16-7-8-19-40(37)48(41)51/h1-30,53H/b53-52?,54-30+. The van der Waals surface area contributed by atoms with Crippen molar-refractivity contribution in [1.29, 1.82) is 5.41 Å². The molecule has 0 spiro atoms. The van der Waals surface area contributed by atoms with Crippen LogP contribution in [0.2, 0.25) is 0 Å². The molecule has 56 heavy (non-hydrogen) atoms. The Hall–Kier alpha value is -7.14. The molecule has 260 valence electrons. The second-order valence-corrected chi connectivity index (χ2v) is 15.7. The van der Waals surface area contributed by atoms with Gasteiger partial charge in [0.1, 0.15) is 6.34 Å². The van der Waals surface area contributed by atoms with Gasteiger partial charge in [-0.15, -0.1) is 11.3 Å². The lowest BCUT2D eigenvalue weighted by Crippen LogP contribution is -2.03. The van der Waals surface area contributed by atoms with E-state index in [2.05, 4.69) is 180 Å².